The second kappa shape index (κ2) is 8.83. The molecular weight excluding hydrogens is 484 g/mol. The molecule has 2 amide bonds. The third kappa shape index (κ3) is 3.91. The van der Waals surface area contributed by atoms with Crippen LogP contribution in [0.5, 0.6) is 0 Å². The number of thiazole rings is 1. The van der Waals surface area contributed by atoms with Crippen LogP contribution in [0.3, 0.4) is 0 Å². The van der Waals surface area contributed by atoms with Gasteiger partial charge in [0.05, 0.1) is 15.6 Å². The molecule has 2 aromatic carbocycles. The fourth-order valence-electron chi connectivity index (χ4n) is 4.74. The Kier molecular flexibility index (Phi) is 5.48. The van der Waals surface area contributed by atoms with Crippen molar-refractivity contribution in [2.45, 2.75) is 31.7 Å². The quantitative estimate of drug-likeness (QED) is 0.264. The van der Waals surface area contributed by atoms with Crippen LogP contribution >= 0.6 is 11.3 Å². The Morgan fingerprint density at radius 3 is 2.64 bits per heavy atom. The molecule has 3 aromatic heterocycles. The number of carbonyl (C=O) groups excluding carboxylic acids is 1. The van der Waals surface area contributed by atoms with Crippen molar-refractivity contribution in [3.05, 3.63) is 60.6 Å². The van der Waals surface area contributed by atoms with E-state index in [-0.39, 0.29) is 0 Å². The fraction of sp³-hybridized carbons (Fsp3) is 0.200. The lowest BCUT2D eigenvalue weighted by molar-refractivity contribution is 0.262. The summed E-state index contributed by atoms with van der Waals surface area (Å²) in [6, 6.07) is 8.23. The number of hydrogen-bond acceptors (Lipinski definition) is 6. The summed E-state index contributed by atoms with van der Waals surface area (Å²) in [6.07, 6.45) is 8.13. The van der Waals surface area contributed by atoms with E-state index >= 15 is 0 Å². The smallest absolute Gasteiger partial charge is 0.323 e. The van der Waals surface area contributed by atoms with E-state index in [1.54, 1.807) is 18.2 Å². The van der Waals surface area contributed by atoms with Gasteiger partial charge in [-0.05, 0) is 43.2 Å². The monoisotopic (exact) mass is 505 g/mol. The largest absolute Gasteiger partial charge is 0.383 e. The molecule has 0 bridgehead atoms. The van der Waals surface area contributed by atoms with Crippen molar-refractivity contribution in [3.63, 3.8) is 0 Å². The van der Waals surface area contributed by atoms with E-state index in [1.807, 2.05) is 0 Å². The molecule has 0 atom stereocenters. The molecule has 0 unspecified atom stereocenters. The predicted octanol–water partition coefficient (Wildman–Crippen LogP) is 6.33. The molecule has 1 fully saturated rings. The zero-order valence-electron chi connectivity index (χ0n) is 19.0. The molecule has 0 radical (unpaired) electrons. The number of hydrogen-bond donors (Lipinski definition) is 3. The highest BCUT2D eigenvalue weighted by molar-refractivity contribution is 7.21. The lowest BCUT2D eigenvalue weighted by atomic mass is 10.2. The fourth-order valence-corrected chi connectivity index (χ4v) is 5.76. The number of nitrogen functional groups attached to an aromatic ring is 1. The van der Waals surface area contributed by atoms with Gasteiger partial charge in [0.1, 0.15) is 40.1 Å². The number of fused-ring (bicyclic) bond motifs is 2. The van der Waals surface area contributed by atoms with Gasteiger partial charge in [-0.1, -0.05) is 18.9 Å². The Bertz CT molecular complexity index is 1600. The Morgan fingerprint density at radius 1 is 1.08 bits per heavy atom. The maximum atomic E-state index is 13.9. The molecule has 4 N–H and O–H groups in total. The van der Waals surface area contributed by atoms with Gasteiger partial charge >= 0.3 is 6.03 Å². The number of nitrogens with two attached hydrogens (primary N) is 1. The van der Waals surface area contributed by atoms with Crippen LogP contribution in [0.25, 0.3) is 31.8 Å². The number of nitrogens with zero attached hydrogens (tertiary/aromatic N) is 4. The highest BCUT2D eigenvalue weighted by Gasteiger charge is 2.24. The molecule has 1 aliphatic rings. The maximum absolute atomic E-state index is 13.9. The van der Waals surface area contributed by atoms with Crippen LogP contribution in [0.4, 0.5) is 30.8 Å². The second-order valence-corrected chi connectivity index (χ2v) is 9.75. The minimum atomic E-state index is -0.854. The molecule has 6 rings (SSSR count). The number of carbonyl (C=O) groups is 1. The van der Waals surface area contributed by atoms with Crippen LogP contribution in [-0.4, -0.2) is 25.6 Å². The summed E-state index contributed by atoms with van der Waals surface area (Å²) in [5, 5.41) is 6.39. The number of para-hydroxylation sites is 1. The summed E-state index contributed by atoms with van der Waals surface area (Å²) in [4.78, 5) is 25.9. The average molecular weight is 506 g/mol. The number of benzene rings is 2. The van der Waals surface area contributed by atoms with Gasteiger partial charge in [0, 0.05) is 23.5 Å². The number of amides is 2. The van der Waals surface area contributed by atoms with Crippen LogP contribution in [0.2, 0.25) is 0 Å². The normalized spacial score (nSPS) is 14.1. The van der Waals surface area contributed by atoms with Gasteiger partial charge in [0.2, 0.25) is 0 Å². The van der Waals surface area contributed by atoms with Gasteiger partial charge in [-0.25, -0.2) is 28.5 Å². The molecule has 3 heterocycles. The lowest BCUT2D eigenvalue weighted by Crippen LogP contribution is -2.20. The number of rotatable bonds is 4. The number of halogens is 2. The van der Waals surface area contributed by atoms with Crippen molar-refractivity contribution in [2.75, 3.05) is 16.4 Å². The van der Waals surface area contributed by atoms with Crippen LogP contribution in [0.15, 0.2) is 48.9 Å². The molecular formula is C25H21F2N7OS. The van der Waals surface area contributed by atoms with E-state index in [2.05, 4.69) is 31.4 Å². The predicted molar refractivity (Wildman–Crippen MR) is 137 cm³/mol. The van der Waals surface area contributed by atoms with Crippen LogP contribution in [-0.2, 0) is 0 Å². The zero-order valence-corrected chi connectivity index (χ0v) is 19.8. The zero-order chi connectivity index (χ0) is 24.8. The van der Waals surface area contributed by atoms with E-state index in [9.17, 15) is 13.6 Å². The van der Waals surface area contributed by atoms with Gasteiger partial charge in [0.15, 0.2) is 0 Å². The Morgan fingerprint density at radius 2 is 1.86 bits per heavy atom. The van der Waals surface area contributed by atoms with E-state index < -0.39 is 23.4 Å². The molecule has 1 saturated carbocycles. The lowest BCUT2D eigenvalue weighted by Gasteiger charge is -2.12. The summed E-state index contributed by atoms with van der Waals surface area (Å²) >= 11 is 1.45. The Balaban J connectivity index is 1.32. The Hall–Kier alpha value is -4.12. The standard InChI is InChI=1S/C25H21F2N7OS/c26-16-6-3-7-17(27)21(16)33-25(35)31-13-8-9-18-19(10-13)36-24(32-18)15-11-34(14-4-1-2-5-14)23-20(15)22(28)29-12-30-23/h3,6-12,14H,1-2,4-5H2,(H2,28,29,30)(H2,31,33,35). The summed E-state index contributed by atoms with van der Waals surface area (Å²) in [5.41, 5.74) is 8.66. The molecule has 1 aliphatic carbocycles. The van der Waals surface area contributed by atoms with E-state index in [0.717, 1.165) is 56.8 Å². The first-order valence-corrected chi connectivity index (χ1v) is 12.3. The molecule has 36 heavy (non-hydrogen) atoms. The van der Waals surface area contributed by atoms with Crippen molar-refractivity contribution >= 4 is 55.8 Å². The first-order chi connectivity index (χ1) is 17.5. The van der Waals surface area contributed by atoms with Crippen molar-refractivity contribution < 1.29 is 13.6 Å². The molecule has 0 spiro atoms. The number of aromatic nitrogens is 4. The number of anilines is 3. The van der Waals surface area contributed by atoms with E-state index in [1.165, 1.54) is 36.6 Å². The molecule has 182 valence electrons. The summed E-state index contributed by atoms with van der Waals surface area (Å²) < 4.78 is 30.7. The topological polar surface area (TPSA) is 111 Å². The van der Waals surface area contributed by atoms with Gasteiger partial charge < -0.3 is 20.9 Å². The first-order valence-electron chi connectivity index (χ1n) is 11.5. The molecule has 8 nitrogen and oxygen atoms in total. The highest BCUT2D eigenvalue weighted by atomic mass is 32.1. The van der Waals surface area contributed by atoms with Crippen LogP contribution in [0.1, 0.15) is 31.7 Å². The molecule has 11 heteroatoms. The minimum absolute atomic E-state index is 0.374. The SMILES string of the molecule is Nc1ncnc2c1c(-c1nc3ccc(NC(=O)Nc4c(F)cccc4F)cc3s1)cn2C1CCCC1. The molecule has 0 aliphatic heterocycles. The first kappa shape index (κ1) is 22.4. The summed E-state index contributed by atoms with van der Waals surface area (Å²) in [7, 11) is 0. The maximum Gasteiger partial charge on any atom is 0.323 e. The highest BCUT2D eigenvalue weighted by Crippen LogP contribution is 2.41. The third-order valence-electron chi connectivity index (χ3n) is 6.43. The molecule has 0 saturated heterocycles. The van der Waals surface area contributed by atoms with Crippen molar-refractivity contribution in [1.82, 2.24) is 19.5 Å². The van der Waals surface area contributed by atoms with Crippen molar-refractivity contribution in [1.29, 1.82) is 0 Å². The second-order valence-electron chi connectivity index (χ2n) is 8.72. The van der Waals surface area contributed by atoms with Crippen molar-refractivity contribution in [2.24, 2.45) is 0 Å². The Labute approximate surface area is 208 Å². The van der Waals surface area contributed by atoms with Gasteiger partial charge in [-0.3, -0.25) is 0 Å². The summed E-state index contributed by atoms with van der Waals surface area (Å²) in [6.45, 7) is 0. The van der Waals surface area contributed by atoms with E-state index in [0.29, 0.717) is 17.5 Å². The van der Waals surface area contributed by atoms with E-state index in [4.69, 9.17) is 10.7 Å². The van der Waals surface area contributed by atoms with Crippen molar-refractivity contribution in [3.8, 4) is 10.6 Å². The molecule has 5 aromatic rings. The van der Waals surface area contributed by atoms with Gasteiger partial charge in [-0.2, -0.15) is 0 Å². The van der Waals surface area contributed by atoms with Gasteiger partial charge in [-0.15, -0.1) is 11.3 Å². The van der Waals surface area contributed by atoms with Gasteiger partial charge in [0.25, 0.3) is 0 Å². The summed E-state index contributed by atoms with van der Waals surface area (Å²) in [5.74, 6) is -1.30. The third-order valence-corrected chi connectivity index (χ3v) is 7.49. The van der Waals surface area contributed by atoms with Crippen LogP contribution < -0.4 is 16.4 Å². The minimum Gasteiger partial charge on any atom is -0.383 e. The number of nitrogens with one attached hydrogen (secondary N) is 2. The number of urea groups is 1. The average Bonchev–Trinajstić information content (AvgIpc) is 3.59. The van der Waals surface area contributed by atoms with Crippen LogP contribution in [0, 0.1) is 11.6 Å².